The van der Waals surface area contributed by atoms with Crippen molar-refractivity contribution in [1.29, 1.82) is 0 Å². The van der Waals surface area contributed by atoms with Crippen LogP contribution in [-0.2, 0) is 4.79 Å². The molecule has 1 amide bonds. The highest BCUT2D eigenvalue weighted by atomic mass is 16.5. The van der Waals surface area contributed by atoms with Crippen LogP contribution in [0.4, 0.5) is 0 Å². The average molecular weight is 305 g/mol. The van der Waals surface area contributed by atoms with Gasteiger partial charge in [0.15, 0.2) is 0 Å². The number of nitrogens with one attached hydrogen (secondary N) is 1. The number of benzene rings is 1. The molecule has 1 aromatic rings. The molecular weight excluding hydrogens is 278 g/mol. The third-order valence-corrected chi connectivity index (χ3v) is 3.62. The van der Waals surface area contributed by atoms with Gasteiger partial charge in [-0.3, -0.25) is 9.59 Å². The van der Waals surface area contributed by atoms with E-state index in [4.69, 9.17) is 4.74 Å². The van der Waals surface area contributed by atoms with Gasteiger partial charge in [0.25, 0.3) is 5.91 Å². The third-order valence-electron chi connectivity index (χ3n) is 3.62. The summed E-state index contributed by atoms with van der Waals surface area (Å²) < 4.78 is 5.10. The molecule has 0 aliphatic rings. The minimum absolute atomic E-state index is 0.162. The molecule has 4 heteroatoms. The van der Waals surface area contributed by atoms with Gasteiger partial charge < -0.3 is 10.1 Å². The van der Waals surface area contributed by atoms with E-state index >= 15 is 0 Å². The van der Waals surface area contributed by atoms with Gasteiger partial charge >= 0.3 is 5.97 Å². The molecule has 0 radical (unpaired) electrons. The normalized spacial score (nSPS) is 11.8. The molecule has 122 valence electrons. The zero-order valence-electron chi connectivity index (χ0n) is 13.9. The lowest BCUT2D eigenvalue weighted by molar-refractivity contribution is -0.131. The Morgan fingerprint density at radius 1 is 1.14 bits per heavy atom. The number of hydrogen-bond acceptors (Lipinski definition) is 3. The Bertz CT molecular complexity index is 485. The van der Waals surface area contributed by atoms with Crippen LogP contribution in [0, 0.1) is 0 Å². The van der Waals surface area contributed by atoms with Gasteiger partial charge in [-0.15, -0.1) is 0 Å². The van der Waals surface area contributed by atoms with Crippen LogP contribution >= 0.6 is 0 Å². The molecule has 1 atom stereocenters. The lowest BCUT2D eigenvalue weighted by atomic mass is 10.0. The van der Waals surface area contributed by atoms with E-state index in [1.807, 2.05) is 0 Å². The first-order valence-electron chi connectivity index (χ1n) is 8.16. The number of esters is 1. The number of ether oxygens (including phenoxy) is 1. The van der Waals surface area contributed by atoms with Crippen LogP contribution in [0.2, 0.25) is 0 Å². The Balaban J connectivity index is 2.64. The molecule has 0 heterocycles. The molecule has 1 aromatic carbocycles. The molecule has 0 aromatic heterocycles. The summed E-state index contributed by atoms with van der Waals surface area (Å²) in [6, 6.07) is 6.99. The largest absolute Gasteiger partial charge is 0.426 e. The van der Waals surface area contributed by atoms with Crippen molar-refractivity contribution in [3.8, 4) is 5.75 Å². The average Bonchev–Trinajstić information content (AvgIpc) is 2.50. The molecule has 0 fully saturated rings. The maximum absolute atomic E-state index is 12.4. The van der Waals surface area contributed by atoms with Crippen LogP contribution in [-0.4, -0.2) is 17.9 Å². The fourth-order valence-electron chi connectivity index (χ4n) is 2.36. The molecule has 0 spiro atoms. The highest BCUT2D eigenvalue weighted by Gasteiger charge is 2.16. The minimum atomic E-state index is -0.424. The molecular formula is C18H27NO3. The fourth-order valence-corrected chi connectivity index (χ4v) is 2.36. The van der Waals surface area contributed by atoms with E-state index in [1.54, 1.807) is 24.3 Å². The van der Waals surface area contributed by atoms with Crippen molar-refractivity contribution in [2.45, 2.75) is 65.3 Å². The Kier molecular flexibility index (Phi) is 8.26. The number of amides is 1. The second-order valence-corrected chi connectivity index (χ2v) is 5.52. The molecule has 22 heavy (non-hydrogen) atoms. The van der Waals surface area contributed by atoms with Gasteiger partial charge in [-0.25, -0.2) is 0 Å². The van der Waals surface area contributed by atoms with E-state index in [1.165, 1.54) is 26.2 Å². The number of unbranched alkanes of at least 4 members (excludes halogenated alkanes) is 3. The third kappa shape index (κ3) is 6.29. The molecule has 0 saturated heterocycles. The van der Waals surface area contributed by atoms with Gasteiger partial charge in [0, 0.05) is 13.0 Å². The summed E-state index contributed by atoms with van der Waals surface area (Å²) in [5.41, 5.74) is 0.407. The van der Waals surface area contributed by atoms with Gasteiger partial charge in [-0.2, -0.15) is 0 Å². The first kappa shape index (κ1) is 18.2. The SMILES string of the molecule is CCCCCCC(CC)NC(=O)c1ccccc1OC(C)=O. The maximum Gasteiger partial charge on any atom is 0.308 e. The van der Waals surface area contributed by atoms with Gasteiger partial charge in [0.05, 0.1) is 5.56 Å². The topological polar surface area (TPSA) is 55.4 Å². The standard InChI is InChI=1S/C18H27NO3/c1-4-6-7-8-11-15(5-2)19-18(21)16-12-9-10-13-17(16)22-14(3)20/h9-10,12-13,15H,4-8,11H2,1-3H3,(H,19,21). The Morgan fingerprint density at radius 3 is 2.50 bits per heavy atom. The summed E-state index contributed by atoms with van der Waals surface area (Å²) in [4.78, 5) is 23.5. The van der Waals surface area contributed by atoms with Gasteiger partial charge in [-0.05, 0) is 25.0 Å². The van der Waals surface area contributed by atoms with Crippen LogP contribution in [0.25, 0.3) is 0 Å². The smallest absolute Gasteiger partial charge is 0.308 e. The Morgan fingerprint density at radius 2 is 1.86 bits per heavy atom. The molecule has 4 nitrogen and oxygen atoms in total. The summed E-state index contributed by atoms with van der Waals surface area (Å²) in [5, 5.41) is 3.04. The second-order valence-electron chi connectivity index (χ2n) is 5.52. The molecule has 0 bridgehead atoms. The van der Waals surface area contributed by atoms with Crippen LogP contribution in [0.3, 0.4) is 0 Å². The number of carbonyl (C=O) groups excluding carboxylic acids is 2. The summed E-state index contributed by atoms with van der Waals surface area (Å²) in [5.74, 6) is -0.292. The van der Waals surface area contributed by atoms with Crippen LogP contribution < -0.4 is 10.1 Å². The zero-order chi connectivity index (χ0) is 16.4. The highest BCUT2D eigenvalue weighted by molar-refractivity contribution is 5.97. The van der Waals surface area contributed by atoms with Crippen molar-refractivity contribution in [2.75, 3.05) is 0 Å². The summed E-state index contributed by atoms with van der Waals surface area (Å²) in [6.07, 6.45) is 6.65. The number of carbonyl (C=O) groups is 2. The summed E-state index contributed by atoms with van der Waals surface area (Å²) in [6.45, 7) is 5.59. The quantitative estimate of drug-likeness (QED) is 0.425. The van der Waals surface area contributed by atoms with E-state index in [-0.39, 0.29) is 11.9 Å². The number of para-hydroxylation sites is 1. The predicted octanol–water partition coefficient (Wildman–Crippen LogP) is 4.09. The molecule has 1 unspecified atom stereocenters. The van der Waals surface area contributed by atoms with Crippen molar-refractivity contribution in [3.63, 3.8) is 0 Å². The summed E-state index contributed by atoms with van der Waals surface area (Å²) in [7, 11) is 0. The zero-order valence-corrected chi connectivity index (χ0v) is 13.9. The van der Waals surface area contributed by atoms with Crippen molar-refractivity contribution in [3.05, 3.63) is 29.8 Å². The van der Waals surface area contributed by atoms with E-state index in [9.17, 15) is 9.59 Å². The molecule has 1 rings (SSSR count). The van der Waals surface area contributed by atoms with Crippen LogP contribution in [0.1, 0.15) is 69.7 Å². The van der Waals surface area contributed by atoms with E-state index in [2.05, 4.69) is 19.2 Å². The second kappa shape index (κ2) is 9.98. The van der Waals surface area contributed by atoms with Gasteiger partial charge in [0.2, 0.25) is 0 Å². The minimum Gasteiger partial charge on any atom is -0.426 e. The van der Waals surface area contributed by atoms with E-state index < -0.39 is 5.97 Å². The monoisotopic (exact) mass is 305 g/mol. The first-order valence-corrected chi connectivity index (χ1v) is 8.16. The molecule has 0 saturated carbocycles. The number of hydrogen-bond donors (Lipinski definition) is 1. The lowest BCUT2D eigenvalue weighted by Gasteiger charge is -2.18. The highest BCUT2D eigenvalue weighted by Crippen LogP contribution is 2.19. The van der Waals surface area contributed by atoms with Crippen molar-refractivity contribution >= 4 is 11.9 Å². The maximum atomic E-state index is 12.4. The predicted molar refractivity (Wildman–Crippen MR) is 88.1 cm³/mol. The van der Waals surface area contributed by atoms with E-state index in [0.717, 1.165) is 19.3 Å². The van der Waals surface area contributed by atoms with Gasteiger partial charge in [-0.1, -0.05) is 51.7 Å². The van der Waals surface area contributed by atoms with Crippen molar-refractivity contribution in [1.82, 2.24) is 5.32 Å². The molecule has 0 aliphatic carbocycles. The summed E-state index contributed by atoms with van der Waals surface area (Å²) >= 11 is 0. The molecule has 0 aliphatic heterocycles. The van der Waals surface area contributed by atoms with Crippen molar-refractivity contribution < 1.29 is 14.3 Å². The fraction of sp³-hybridized carbons (Fsp3) is 0.556. The van der Waals surface area contributed by atoms with Crippen LogP contribution in [0.5, 0.6) is 5.75 Å². The van der Waals surface area contributed by atoms with Crippen molar-refractivity contribution in [2.24, 2.45) is 0 Å². The lowest BCUT2D eigenvalue weighted by Crippen LogP contribution is -2.34. The van der Waals surface area contributed by atoms with Gasteiger partial charge in [0.1, 0.15) is 5.75 Å². The molecule has 1 N–H and O–H groups in total. The van der Waals surface area contributed by atoms with Crippen LogP contribution in [0.15, 0.2) is 24.3 Å². The number of rotatable bonds is 9. The Hall–Kier alpha value is -1.84. The van der Waals surface area contributed by atoms with E-state index in [0.29, 0.717) is 11.3 Å². The first-order chi connectivity index (χ1) is 10.6. The Labute approximate surface area is 133 Å².